The maximum Gasteiger partial charge on any atom is 0.129 e. The van der Waals surface area contributed by atoms with Gasteiger partial charge in [0.15, 0.2) is 0 Å². The Morgan fingerprint density at radius 3 is 2.95 bits per heavy atom. The van der Waals surface area contributed by atoms with Crippen molar-refractivity contribution in [2.75, 3.05) is 18.1 Å². The van der Waals surface area contributed by atoms with E-state index in [1.807, 2.05) is 11.8 Å². The minimum Gasteiger partial charge on any atom is -0.385 e. The number of ether oxygens (including phenoxy) is 1. The van der Waals surface area contributed by atoms with Crippen LogP contribution < -0.4 is 0 Å². The SMILES string of the molecule is CC(O)(c1ccccc1F)C1CCOC2(CCSC2)C1. The molecule has 20 heavy (non-hydrogen) atoms. The molecule has 0 radical (unpaired) electrons. The van der Waals surface area contributed by atoms with Gasteiger partial charge in [0.25, 0.3) is 0 Å². The van der Waals surface area contributed by atoms with Crippen LogP contribution in [0.2, 0.25) is 0 Å². The average Bonchev–Trinajstić information content (AvgIpc) is 2.87. The molecule has 0 amide bonds. The lowest BCUT2D eigenvalue weighted by atomic mass is 9.73. The molecule has 2 aliphatic rings. The Bertz CT molecular complexity index is 483. The highest BCUT2D eigenvalue weighted by Crippen LogP contribution is 2.46. The van der Waals surface area contributed by atoms with Crippen LogP contribution in [-0.4, -0.2) is 28.8 Å². The number of aliphatic hydroxyl groups is 1. The highest BCUT2D eigenvalue weighted by atomic mass is 32.2. The van der Waals surface area contributed by atoms with Crippen LogP contribution in [0.3, 0.4) is 0 Å². The molecule has 2 aliphatic heterocycles. The van der Waals surface area contributed by atoms with E-state index in [1.54, 1.807) is 25.1 Å². The van der Waals surface area contributed by atoms with Gasteiger partial charge in [-0.3, -0.25) is 0 Å². The summed E-state index contributed by atoms with van der Waals surface area (Å²) in [6.45, 7) is 2.41. The van der Waals surface area contributed by atoms with Crippen LogP contribution in [0.15, 0.2) is 24.3 Å². The molecule has 0 saturated carbocycles. The van der Waals surface area contributed by atoms with E-state index in [9.17, 15) is 9.50 Å². The number of hydrogen-bond donors (Lipinski definition) is 1. The van der Waals surface area contributed by atoms with E-state index >= 15 is 0 Å². The highest BCUT2D eigenvalue weighted by molar-refractivity contribution is 7.99. The van der Waals surface area contributed by atoms with Gasteiger partial charge in [-0.2, -0.15) is 11.8 Å². The third-order valence-corrected chi connectivity index (χ3v) is 6.00. The van der Waals surface area contributed by atoms with Gasteiger partial charge in [0, 0.05) is 17.9 Å². The van der Waals surface area contributed by atoms with E-state index in [0.29, 0.717) is 12.2 Å². The molecule has 0 bridgehead atoms. The molecule has 3 unspecified atom stereocenters. The van der Waals surface area contributed by atoms with Crippen molar-refractivity contribution in [2.24, 2.45) is 5.92 Å². The van der Waals surface area contributed by atoms with Crippen LogP contribution in [-0.2, 0) is 10.3 Å². The molecule has 2 nitrogen and oxygen atoms in total. The maximum atomic E-state index is 14.0. The zero-order valence-corrected chi connectivity index (χ0v) is 12.6. The molecular formula is C16H21FO2S. The highest BCUT2D eigenvalue weighted by Gasteiger charge is 2.46. The lowest BCUT2D eigenvalue weighted by Crippen LogP contribution is -2.46. The molecule has 4 heteroatoms. The predicted molar refractivity (Wildman–Crippen MR) is 79.3 cm³/mol. The summed E-state index contributed by atoms with van der Waals surface area (Å²) in [4.78, 5) is 0. The maximum absolute atomic E-state index is 14.0. The summed E-state index contributed by atoms with van der Waals surface area (Å²) in [6, 6.07) is 6.56. The minimum absolute atomic E-state index is 0.0480. The van der Waals surface area contributed by atoms with Crippen LogP contribution in [0.4, 0.5) is 4.39 Å². The monoisotopic (exact) mass is 296 g/mol. The Morgan fingerprint density at radius 2 is 2.25 bits per heavy atom. The molecule has 1 N–H and O–H groups in total. The third-order valence-electron chi connectivity index (χ3n) is 4.77. The summed E-state index contributed by atoms with van der Waals surface area (Å²) < 4.78 is 20.0. The zero-order valence-electron chi connectivity index (χ0n) is 11.8. The second-order valence-electron chi connectivity index (χ2n) is 6.15. The first-order valence-electron chi connectivity index (χ1n) is 7.23. The number of rotatable bonds is 2. The Morgan fingerprint density at radius 1 is 1.45 bits per heavy atom. The fourth-order valence-corrected chi connectivity index (χ4v) is 4.84. The van der Waals surface area contributed by atoms with Crippen molar-refractivity contribution in [1.29, 1.82) is 0 Å². The van der Waals surface area contributed by atoms with Crippen LogP contribution in [0.1, 0.15) is 31.7 Å². The van der Waals surface area contributed by atoms with Gasteiger partial charge in [-0.25, -0.2) is 4.39 Å². The molecule has 2 heterocycles. The third kappa shape index (κ3) is 2.49. The summed E-state index contributed by atoms with van der Waals surface area (Å²) in [5.41, 5.74) is -0.814. The smallest absolute Gasteiger partial charge is 0.129 e. The van der Waals surface area contributed by atoms with Crippen LogP contribution in [0, 0.1) is 11.7 Å². The van der Waals surface area contributed by atoms with E-state index in [2.05, 4.69) is 0 Å². The van der Waals surface area contributed by atoms with Gasteiger partial charge in [0.1, 0.15) is 5.82 Å². The summed E-state index contributed by atoms with van der Waals surface area (Å²) in [7, 11) is 0. The fourth-order valence-electron chi connectivity index (χ4n) is 3.46. The second-order valence-corrected chi connectivity index (χ2v) is 7.26. The van der Waals surface area contributed by atoms with E-state index in [-0.39, 0.29) is 17.3 Å². The van der Waals surface area contributed by atoms with Gasteiger partial charge in [0.05, 0.1) is 11.2 Å². The first-order chi connectivity index (χ1) is 9.54. The van der Waals surface area contributed by atoms with Crippen molar-refractivity contribution in [3.05, 3.63) is 35.6 Å². The summed E-state index contributed by atoms with van der Waals surface area (Å²) in [5.74, 6) is 1.84. The van der Waals surface area contributed by atoms with E-state index in [4.69, 9.17) is 4.74 Å². The Kier molecular flexibility index (Phi) is 3.82. The van der Waals surface area contributed by atoms with Crippen molar-refractivity contribution in [3.63, 3.8) is 0 Å². The Hall–Kier alpha value is -0.580. The van der Waals surface area contributed by atoms with Crippen LogP contribution >= 0.6 is 11.8 Å². The normalized spacial score (nSPS) is 33.2. The largest absolute Gasteiger partial charge is 0.385 e. The molecule has 2 fully saturated rings. The van der Waals surface area contributed by atoms with Gasteiger partial charge in [-0.1, -0.05) is 18.2 Å². The first-order valence-corrected chi connectivity index (χ1v) is 8.38. The van der Waals surface area contributed by atoms with Crippen molar-refractivity contribution >= 4 is 11.8 Å². The number of halogens is 1. The summed E-state index contributed by atoms with van der Waals surface area (Å²) in [5, 5.41) is 10.9. The molecule has 1 aromatic rings. The summed E-state index contributed by atoms with van der Waals surface area (Å²) >= 11 is 1.91. The molecule has 0 aliphatic carbocycles. The predicted octanol–water partition coefficient (Wildman–Crippen LogP) is 3.34. The molecular weight excluding hydrogens is 275 g/mol. The minimum atomic E-state index is -1.13. The number of benzene rings is 1. The van der Waals surface area contributed by atoms with Gasteiger partial charge >= 0.3 is 0 Å². The molecule has 2 saturated heterocycles. The van der Waals surface area contributed by atoms with Crippen molar-refractivity contribution in [2.45, 2.75) is 37.4 Å². The topological polar surface area (TPSA) is 29.5 Å². The van der Waals surface area contributed by atoms with E-state index in [0.717, 1.165) is 30.8 Å². The molecule has 1 spiro atoms. The van der Waals surface area contributed by atoms with Gasteiger partial charge < -0.3 is 9.84 Å². The van der Waals surface area contributed by atoms with E-state index in [1.165, 1.54) is 6.07 Å². The molecule has 1 aromatic carbocycles. The second kappa shape index (κ2) is 5.32. The number of thioether (sulfide) groups is 1. The first kappa shape index (κ1) is 14.4. The Labute approximate surface area is 123 Å². The molecule has 0 aromatic heterocycles. The van der Waals surface area contributed by atoms with Crippen molar-refractivity contribution < 1.29 is 14.2 Å². The zero-order chi connectivity index (χ0) is 14.2. The van der Waals surface area contributed by atoms with E-state index < -0.39 is 5.60 Å². The van der Waals surface area contributed by atoms with Crippen LogP contribution in [0.5, 0.6) is 0 Å². The molecule has 3 rings (SSSR count). The standard InChI is InChI=1S/C16H21FO2S/c1-15(18,13-4-2-3-5-14(13)17)12-6-8-19-16(10-12)7-9-20-11-16/h2-5,12,18H,6-11H2,1H3. The van der Waals surface area contributed by atoms with Gasteiger partial charge in [-0.15, -0.1) is 0 Å². The lowest BCUT2D eigenvalue weighted by molar-refractivity contribution is -0.130. The van der Waals surface area contributed by atoms with Gasteiger partial charge in [0.2, 0.25) is 0 Å². The summed E-state index contributed by atoms with van der Waals surface area (Å²) in [6.07, 6.45) is 2.65. The van der Waals surface area contributed by atoms with Crippen molar-refractivity contribution in [1.82, 2.24) is 0 Å². The van der Waals surface area contributed by atoms with Gasteiger partial charge in [-0.05, 0) is 43.9 Å². The van der Waals surface area contributed by atoms with Crippen molar-refractivity contribution in [3.8, 4) is 0 Å². The lowest BCUT2D eigenvalue weighted by Gasteiger charge is -2.43. The molecule has 3 atom stereocenters. The number of hydrogen-bond acceptors (Lipinski definition) is 3. The fraction of sp³-hybridized carbons (Fsp3) is 0.625. The van der Waals surface area contributed by atoms with Crippen LogP contribution in [0.25, 0.3) is 0 Å². The Balaban J connectivity index is 1.85. The molecule has 110 valence electrons. The quantitative estimate of drug-likeness (QED) is 0.907. The average molecular weight is 296 g/mol.